The van der Waals surface area contributed by atoms with Crippen LogP contribution in [0.3, 0.4) is 0 Å². The molecule has 0 aromatic carbocycles. The van der Waals surface area contributed by atoms with E-state index in [0.29, 0.717) is 25.5 Å². The van der Waals surface area contributed by atoms with Crippen molar-refractivity contribution in [3.8, 4) is 6.07 Å². The number of ether oxygens (including phenoxy) is 1. The van der Waals surface area contributed by atoms with E-state index >= 15 is 0 Å². The fraction of sp³-hybridized carbons (Fsp3) is 0.692. The summed E-state index contributed by atoms with van der Waals surface area (Å²) in [6.45, 7) is 7.45. The number of hydrogen-bond donors (Lipinski definition) is 0. The third-order valence-corrected chi connectivity index (χ3v) is 3.12. The number of likely N-dealkylation sites (tertiary alicyclic amines) is 1. The topological polar surface area (TPSA) is 53.3 Å². The monoisotopic (exact) mass is 236 g/mol. The van der Waals surface area contributed by atoms with Crippen molar-refractivity contribution in [1.82, 2.24) is 4.90 Å². The summed E-state index contributed by atoms with van der Waals surface area (Å²) in [5.74, 6) is 0.146. The fourth-order valence-corrected chi connectivity index (χ4v) is 2.27. The van der Waals surface area contributed by atoms with E-state index in [1.807, 2.05) is 6.92 Å². The Hall–Kier alpha value is -1.34. The molecule has 1 heterocycles. The smallest absolute Gasteiger partial charge is 0.323 e. The molecule has 1 aliphatic heterocycles. The SMILES string of the molecule is C=CCN1CC[C@H](CC#N)C[C@@H]1C(=O)OCC. The van der Waals surface area contributed by atoms with Crippen LogP contribution in [0, 0.1) is 17.2 Å². The van der Waals surface area contributed by atoms with Crippen LogP contribution in [-0.4, -0.2) is 36.6 Å². The lowest BCUT2D eigenvalue weighted by Crippen LogP contribution is -2.47. The molecule has 0 saturated carbocycles. The standard InChI is InChI=1S/C13H20N2O2/c1-3-8-15-9-6-11(5-7-14)10-12(15)13(16)17-4-2/h3,11-12H,1,4-6,8-10H2,2H3/t11-,12+/m0/s1. The fourth-order valence-electron chi connectivity index (χ4n) is 2.27. The summed E-state index contributed by atoms with van der Waals surface area (Å²) >= 11 is 0. The number of carbonyl (C=O) groups is 1. The van der Waals surface area contributed by atoms with Gasteiger partial charge in [-0.2, -0.15) is 5.26 Å². The number of piperidine rings is 1. The van der Waals surface area contributed by atoms with Gasteiger partial charge in [-0.3, -0.25) is 9.69 Å². The molecule has 1 aliphatic rings. The van der Waals surface area contributed by atoms with Crippen molar-refractivity contribution >= 4 is 5.97 Å². The highest BCUT2D eigenvalue weighted by molar-refractivity contribution is 5.76. The van der Waals surface area contributed by atoms with Crippen LogP contribution in [-0.2, 0) is 9.53 Å². The summed E-state index contributed by atoms with van der Waals surface area (Å²) < 4.78 is 5.09. The van der Waals surface area contributed by atoms with Crippen molar-refractivity contribution in [2.75, 3.05) is 19.7 Å². The van der Waals surface area contributed by atoms with Gasteiger partial charge in [-0.25, -0.2) is 0 Å². The molecule has 0 amide bonds. The van der Waals surface area contributed by atoms with Crippen LogP contribution in [0.25, 0.3) is 0 Å². The molecule has 4 heteroatoms. The predicted molar refractivity (Wildman–Crippen MR) is 65.1 cm³/mol. The molecule has 1 rings (SSSR count). The normalized spacial score (nSPS) is 24.9. The van der Waals surface area contributed by atoms with Gasteiger partial charge in [0.05, 0.1) is 12.7 Å². The minimum Gasteiger partial charge on any atom is -0.465 e. The van der Waals surface area contributed by atoms with Gasteiger partial charge in [0.25, 0.3) is 0 Å². The molecule has 4 nitrogen and oxygen atoms in total. The Kier molecular flexibility index (Phi) is 5.71. The number of esters is 1. The Morgan fingerprint density at radius 1 is 1.71 bits per heavy atom. The molecular weight excluding hydrogens is 216 g/mol. The predicted octanol–water partition coefficient (Wildman–Crippen LogP) is 1.73. The van der Waals surface area contributed by atoms with Gasteiger partial charge in [0.1, 0.15) is 6.04 Å². The van der Waals surface area contributed by atoms with E-state index in [0.717, 1.165) is 19.4 Å². The van der Waals surface area contributed by atoms with E-state index in [-0.39, 0.29) is 12.0 Å². The molecule has 1 fully saturated rings. The quantitative estimate of drug-likeness (QED) is 0.539. The van der Waals surface area contributed by atoms with Gasteiger partial charge in [0, 0.05) is 13.0 Å². The van der Waals surface area contributed by atoms with Crippen LogP contribution in [0.1, 0.15) is 26.2 Å². The highest BCUT2D eigenvalue weighted by Gasteiger charge is 2.33. The molecule has 94 valence electrons. The Morgan fingerprint density at radius 3 is 3.06 bits per heavy atom. The molecule has 0 unspecified atom stereocenters. The molecule has 0 aromatic heterocycles. The molecule has 2 atom stereocenters. The van der Waals surface area contributed by atoms with Gasteiger partial charge >= 0.3 is 5.97 Å². The number of rotatable bonds is 5. The van der Waals surface area contributed by atoms with Crippen LogP contribution >= 0.6 is 0 Å². The average Bonchev–Trinajstić information content (AvgIpc) is 2.32. The Labute approximate surface area is 103 Å². The van der Waals surface area contributed by atoms with Gasteiger partial charge in [-0.05, 0) is 32.2 Å². The molecule has 1 saturated heterocycles. The Balaban J connectivity index is 2.65. The molecule has 0 aliphatic carbocycles. The summed E-state index contributed by atoms with van der Waals surface area (Å²) in [7, 11) is 0. The first-order valence-electron chi connectivity index (χ1n) is 6.11. The lowest BCUT2D eigenvalue weighted by Gasteiger charge is -2.36. The zero-order valence-electron chi connectivity index (χ0n) is 10.4. The summed E-state index contributed by atoms with van der Waals surface area (Å²) in [4.78, 5) is 13.9. The number of hydrogen-bond acceptors (Lipinski definition) is 4. The van der Waals surface area contributed by atoms with Crippen molar-refractivity contribution < 1.29 is 9.53 Å². The molecule has 0 radical (unpaired) electrons. The van der Waals surface area contributed by atoms with Crippen molar-refractivity contribution in [2.24, 2.45) is 5.92 Å². The summed E-state index contributed by atoms with van der Waals surface area (Å²) in [5.41, 5.74) is 0. The molecule has 0 spiro atoms. The zero-order valence-corrected chi connectivity index (χ0v) is 10.4. The Morgan fingerprint density at radius 2 is 2.47 bits per heavy atom. The van der Waals surface area contributed by atoms with Gasteiger partial charge < -0.3 is 4.74 Å². The van der Waals surface area contributed by atoms with Crippen LogP contribution < -0.4 is 0 Å². The first kappa shape index (κ1) is 13.7. The lowest BCUT2D eigenvalue weighted by molar-refractivity contribution is -0.151. The highest BCUT2D eigenvalue weighted by Crippen LogP contribution is 2.25. The minimum atomic E-state index is -0.208. The minimum absolute atomic E-state index is 0.169. The summed E-state index contributed by atoms with van der Waals surface area (Å²) in [6, 6.07) is 1.98. The molecular formula is C13H20N2O2. The van der Waals surface area contributed by atoms with E-state index in [1.54, 1.807) is 6.08 Å². The molecule has 0 aromatic rings. The van der Waals surface area contributed by atoms with Crippen LogP contribution in [0.15, 0.2) is 12.7 Å². The zero-order chi connectivity index (χ0) is 12.7. The van der Waals surface area contributed by atoms with Crippen LogP contribution in [0.5, 0.6) is 0 Å². The number of nitrogens with zero attached hydrogens (tertiary/aromatic N) is 2. The third kappa shape index (κ3) is 3.86. The largest absolute Gasteiger partial charge is 0.465 e. The van der Waals surface area contributed by atoms with Crippen molar-refractivity contribution in [2.45, 2.75) is 32.2 Å². The van der Waals surface area contributed by atoms with Gasteiger partial charge in [0.15, 0.2) is 0 Å². The summed E-state index contributed by atoms with van der Waals surface area (Å²) in [5, 5.41) is 8.72. The molecule has 17 heavy (non-hydrogen) atoms. The lowest BCUT2D eigenvalue weighted by atomic mass is 9.88. The maximum atomic E-state index is 11.9. The first-order chi connectivity index (χ1) is 8.22. The van der Waals surface area contributed by atoms with E-state index in [9.17, 15) is 4.79 Å². The van der Waals surface area contributed by atoms with E-state index < -0.39 is 0 Å². The van der Waals surface area contributed by atoms with Gasteiger partial charge in [0.2, 0.25) is 0 Å². The maximum Gasteiger partial charge on any atom is 0.323 e. The second kappa shape index (κ2) is 7.08. The molecule has 0 N–H and O–H groups in total. The number of nitriles is 1. The second-order valence-electron chi connectivity index (χ2n) is 4.30. The second-order valence-corrected chi connectivity index (χ2v) is 4.30. The van der Waals surface area contributed by atoms with Crippen molar-refractivity contribution in [3.63, 3.8) is 0 Å². The van der Waals surface area contributed by atoms with E-state index in [2.05, 4.69) is 17.5 Å². The maximum absolute atomic E-state index is 11.9. The van der Waals surface area contributed by atoms with Gasteiger partial charge in [-0.1, -0.05) is 6.08 Å². The van der Waals surface area contributed by atoms with Crippen LogP contribution in [0.4, 0.5) is 0 Å². The van der Waals surface area contributed by atoms with Gasteiger partial charge in [-0.15, -0.1) is 6.58 Å². The average molecular weight is 236 g/mol. The van der Waals surface area contributed by atoms with Crippen molar-refractivity contribution in [1.29, 1.82) is 5.26 Å². The molecule has 0 bridgehead atoms. The number of carbonyl (C=O) groups excluding carboxylic acids is 1. The first-order valence-corrected chi connectivity index (χ1v) is 6.11. The third-order valence-electron chi connectivity index (χ3n) is 3.12. The highest BCUT2D eigenvalue weighted by atomic mass is 16.5. The van der Waals surface area contributed by atoms with E-state index in [4.69, 9.17) is 10.00 Å². The summed E-state index contributed by atoms with van der Waals surface area (Å²) in [6.07, 6.45) is 4.02. The van der Waals surface area contributed by atoms with Crippen molar-refractivity contribution in [3.05, 3.63) is 12.7 Å². The Bertz CT molecular complexity index is 309. The van der Waals surface area contributed by atoms with E-state index in [1.165, 1.54) is 0 Å². The van der Waals surface area contributed by atoms with Crippen LogP contribution in [0.2, 0.25) is 0 Å².